The van der Waals surface area contributed by atoms with E-state index in [-0.39, 0.29) is 25.2 Å². The van der Waals surface area contributed by atoms with Gasteiger partial charge in [-0.1, -0.05) is 26.0 Å². The number of hydrogen-bond donors (Lipinski definition) is 1. The Morgan fingerprint density at radius 1 is 1.08 bits per heavy atom. The fraction of sp³-hybridized carbons (Fsp3) is 0.654. The Morgan fingerprint density at radius 2 is 1.73 bits per heavy atom. The zero-order valence-electron chi connectivity index (χ0n) is 22.8. The number of carbonyl (C=O) groups excluding carboxylic acids is 3. The summed E-state index contributed by atoms with van der Waals surface area (Å²) in [5.74, 6) is 0.208. The molecule has 1 aliphatic heterocycles. The van der Waals surface area contributed by atoms with Crippen molar-refractivity contribution in [2.75, 3.05) is 32.9 Å². The highest BCUT2D eigenvalue weighted by Crippen LogP contribution is 2.26. The second-order valence-electron chi connectivity index (χ2n) is 9.89. The van der Waals surface area contributed by atoms with Crippen molar-refractivity contribution in [2.45, 2.75) is 72.5 Å². The third kappa shape index (κ3) is 10.4. The highest BCUT2D eigenvalue weighted by Gasteiger charge is 2.31. The highest BCUT2D eigenvalue weighted by molar-refractivity contribution is 5.82. The molecule has 2 amide bonds. The van der Waals surface area contributed by atoms with Crippen molar-refractivity contribution < 1.29 is 42.8 Å². The van der Waals surface area contributed by atoms with Crippen molar-refractivity contribution in [1.82, 2.24) is 10.2 Å². The highest BCUT2D eigenvalue weighted by atomic mass is 16.7. The summed E-state index contributed by atoms with van der Waals surface area (Å²) in [6.07, 6.45) is -2.93. The predicted molar refractivity (Wildman–Crippen MR) is 134 cm³/mol. The van der Waals surface area contributed by atoms with Gasteiger partial charge in [0.05, 0.1) is 19.8 Å². The summed E-state index contributed by atoms with van der Waals surface area (Å²) < 4.78 is 33.0. The van der Waals surface area contributed by atoms with E-state index in [0.29, 0.717) is 31.3 Å². The van der Waals surface area contributed by atoms with Crippen molar-refractivity contribution >= 4 is 18.2 Å². The number of nitrogens with zero attached hydrogens (tertiary/aromatic N) is 1. The number of para-hydroxylation sites is 2. The maximum absolute atomic E-state index is 12.7. The Bertz CT molecular complexity index is 900. The van der Waals surface area contributed by atoms with Gasteiger partial charge in [-0.3, -0.25) is 0 Å². The van der Waals surface area contributed by atoms with Crippen LogP contribution in [0.1, 0.15) is 48.5 Å². The van der Waals surface area contributed by atoms with Gasteiger partial charge in [0.2, 0.25) is 6.29 Å². The van der Waals surface area contributed by atoms with Gasteiger partial charge < -0.3 is 38.6 Å². The average molecular weight is 525 g/mol. The smallest absolute Gasteiger partial charge is 0.413 e. The molecule has 1 aromatic carbocycles. The van der Waals surface area contributed by atoms with Gasteiger partial charge in [-0.05, 0) is 45.7 Å². The Hall–Kier alpha value is -3.21. The predicted octanol–water partition coefficient (Wildman–Crippen LogP) is 3.74. The van der Waals surface area contributed by atoms with Crippen LogP contribution in [0.25, 0.3) is 0 Å². The maximum atomic E-state index is 12.7. The summed E-state index contributed by atoms with van der Waals surface area (Å²) in [5.41, 5.74) is -0.716. The van der Waals surface area contributed by atoms with Crippen LogP contribution < -0.4 is 14.8 Å². The van der Waals surface area contributed by atoms with E-state index in [9.17, 15) is 14.4 Å². The monoisotopic (exact) mass is 524 g/mol. The van der Waals surface area contributed by atoms with Gasteiger partial charge in [0.15, 0.2) is 11.5 Å². The number of nitrogens with one attached hydrogen (secondary N) is 1. The lowest BCUT2D eigenvalue weighted by atomic mass is 10.1. The van der Waals surface area contributed by atoms with Crippen LogP contribution in [0, 0.1) is 5.92 Å². The molecule has 0 saturated carbocycles. The molecule has 1 saturated heterocycles. The van der Waals surface area contributed by atoms with E-state index in [0.717, 1.165) is 0 Å². The fourth-order valence-corrected chi connectivity index (χ4v) is 3.42. The van der Waals surface area contributed by atoms with Gasteiger partial charge in [0, 0.05) is 13.5 Å². The molecule has 1 heterocycles. The van der Waals surface area contributed by atoms with E-state index in [1.807, 2.05) is 25.1 Å². The van der Waals surface area contributed by atoms with Crippen molar-refractivity contribution in [3.63, 3.8) is 0 Å². The van der Waals surface area contributed by atoms with Crippen molar-refractivity contribution in [3.05, 3.63) is 24.3 Å². The SMILES string of the molecule is CCOc1ccccc1OCC1CN(C(=O)OC(C)OC(=O)[C@@H](NC(=O)OC(C)(C)C)C(C)C)CCO1. The van der Waals surface area contributed by atoms with Crippen LogP contribution in [-0.2, 0) is 23.7 Å². The van der Waals surface area contributed by atoms with Gasteiger partial charge in [0.1, 0.15) is 24.4 Å². The van der Waals surface area contributed by atoms with E-state index < -0.39 is 36.1 Å². The minimum Gasteiger partial charge on any atom is -0.490 e. The number of benzene rings is 1. The topological polar surface area (TPSA) is 122 Å². The first-order valence-corrected chi connectivity index (χ1v) is 12.5. The van der Waals surface area contributed by atoms with Gasteiger partial charge in [-0.15, -0.1) is 0 Å². The normalized spacial score (nSPS) is 17.4. The van der Waals surface area contributed by atoms with Crippen LogP contribution >= 0.6 is 0 Å². The molecular weight excluding hydrogens is 484 g/mol. The fourth-order valence-electron chi connectivity index (χ4n) is 3.42. The van der Waals surface area contributed by atoms with Crippen LogP contribution in [-0.4, -0.2) is 80.0 Å². The summed E-state index contributed by atoms with van der Waals surface area (Å²) in [6, 6.07) is 6.36. The molecule has 1 aromatic rings. The molecule has 1 fully saturated rings. The standard InChI is InChI=1S/C26H40N2O9/c1-8-32-20-11-9-10-12-21(20)34-16-19-15-28(13-14-33-19)25(31)36-18(4)35-23(29)22(17(2)3)27-24(30)37-26(5,6)7/h9-12,17-19,22H,8,13-16H2,1-7H3,(H,27,30)/t18?,19?,22-/m0/s1. The van der Waals surface area contributed by atoms with Crippen LogP contribution in [0.3, 0.4) is 0 Å². The lowest BCUT2D eigenvalue weighted by Crippen LogP contribution is -2.50. The molecule has 37 heavy (non-hydrogen) atoms. The minimum atomic E-state index is -1.17. The largest absolute Gasteiger partial charge is 0.490 e. The summed E-state index contributed by atoms with van der Waals surface area (Å²) >= 11 is 0. The first-order chi connectivity index (χ1) is 17.4. The molecule has 0 spiro atoms. The van der Waals surface area contributed by atoms with Gasteiger partial charge in [-0.2, -0.15) is 0 Å². The second-order valence-corrected chi connectivity index (χ2v) is 9.89. The summed E-state index contributed by atoms with van der Waals surface area (Å²) in [6.45, 7) is 13.6. The first kappa shape index (κ1) is 30.0. The number of carbonyl (C=O) groups is 3. The molecule has 208 valence electrons. The zero-order valence-corrected chi connectivity index (χ0v) is 22.8. The number of morpholine rings is 1. The number of amides is 2. The molecule has 2 rings (SSSR count). The van der Waals surface area contributed by atoms with Gasteiger partial charge in [-0.25, -0.2) is 14.4 Å². The summed E-state index contributed by atoms with van der Waals surface area (Å²) in [5, 5.41) is 2.51. The van der Waals surface area contributed by atoms with Crippen LogP contribution in [0.4, 0.5) is 9.59 Å². The quantitative estimate of drug-likeness (QED) is 0.360. The summed E-state index contributed by atoms with van der Waals surface area (Å²) in [7, 11) is 0. The van der Waals surface area contributed by atoms with Crippen LogP contribution in [0.15, 0.2) is 24.3 Å². The molecular formula is C26H40N2O9. The van der Waals surface area contributed by atoms with Crippen molar-refractivity contribution in [2.24, 2.45) is 5.92 Å². The number of hydrogen-bond acceptors (Lipinski definition) is 9. The van der Waals surface area contributed by atoms with Gasteiger partial charge in [0.25, 0.3) is 0 Å². The Balaban J connectivity index is 1.85. The molecule has 0 aromatic heterocycles. The molecule has 11 heteroatoms. The van der Waals surface area contributed by atoms with E-state index in [4.69, 9.17) is 28.4 Å². The molecule has 0 bridgehead atoms. The average Bonchev–Trinajstić information content (AvgIpc) is 2.81. The number of ether oxygens (including phenoxy) is 6. The van der Waals surface area contributed by atoms with Crippen LogP contribution in [0.2, 0.25) is 0 Å². The van der Waals surface area contributed by atoms with E-state index >= 15 is 0 Å². The first-order valence-electron chi connectivity index (χ1n) is 12.5. The molecule has 2 unspecified atom stereocenters. The van der Waals surface area contributed by atoms with E-state index in [1.54, 1.807) is 40.7 Å². The number of esters is 1. The molecule has 0 aliphatic carbocycles. The second kappa shape index (κ2) is 13.9. The third-order valence-corrected chi connectivity index (χ3v) is 5.11. The molecule has 0 radical (unpaired) electrons. The van der Waals surface area contributed by atoms with Crippen LogP contribution in [0.5, 0.6) is 11.5 Å². The zero-order chi connectivity index (χ0) is 27.6. The van der Waals surface area contributed by atoms with E-state index in [2.05, 4.69) is 5.32 Å². The molecule has 3 atom stereocenters. The molecule has 1 aliphatic rings. The lowest BCUT2D eigenvalue weighted by molar-refractivity contribution is -0.170. The summed E-state index contributed by atoms with van der Waals surface area (Å²) in [4.78, 5) is 38.9. The third-order valence-electron chi connectivity index (χ3n) is 5.11. The molecule has 1 N–H and O–H groups in total. The van der Waals surface area contributed by atoms with E-state index in [1.165, 1.54) is 11.8 Å². The molecule has 11 nitrogen and oxygen atoms in total. The number of alkyl carbamates (subject to hydrolysis) is 1. The minimum absolute atomic E-state index is 0.213. The Morgan fingerprint density at radius 3 is 2.32 bits per heavy atom. The Labute approximate surface area is 218 Å². The number of rotatable bonds is 10. The maximum Gasteiger partial charge on any atom is 0.413 e. The van der Waals surface area contributed by atoms with Gasteiger partial charge >= 0.3 is 18.2 Å². The van der Waals surface area contributed by atoms with Crippen molar-refractivity contribution in [3.8, 4) is 11.5 Å². The Kier molecular flexibility index (Phi) is 11.3. The van der Waals surface area contributed by atoms with Crippen molar-refractivity contribution in [1.29, 1.82) is 0 Å². The lowest BCUT2D eigenvalue weighted by Gasteiger charge is -2.33.